The zero-order valence-electron chi connectivity index (χ0n) is 16.9. The van der Waals surface area contributed by atoms with Crippen molar-refractivity contribution in [3.05, 3.63) is 81.7 Å². The minimum Gasteiger partial charge on any atom is -0.480 e. The topological polar surface area (TPSA) is 97.4 Å². The Morgan fingerprint density at radius 3 is 2.32 bits per heavy atom. The van der Waals surface area contributed by atoms with Crippen molar-refractivity contribution in [2.24, 2.45) is 0 Å². The molecule has 2 aromatic carbocycles. The van der Waals surface area contributed by atoms with Crippen LogP contribution < -0.4 is 5.32 Å². The van der Waals surface area contributed by atoms with Gasteiger partial charge in [-0.25, -0.2) is 0 Å². The molecular formula is C22H21N3O4S2. The molecule has 2 atom stereocenters. The third-order valence-electron chi connectivity index (χ3n) is 5.20. The molecule has 7 nitrogen and oxygen atoms in total. The van der Waals surface area contributed by atoms with E-state index in [1.54, 1.807) is 23.9 Å². The van der Waals surface area contributed by atoms with Gasteiger partial charge in [-0.1, -0.05) is 11.8 Å². The van der Waals surface area contributed by atoms with Gasteiger partial charge in [-0.2, -0.15) is 0 Å². The van der Waals surface area contributed by atoms with E-state index in [2.05, 4.69) is 22.9 Å². The minimum absolute atomic E-state index is 0.0296. The number of rotatable bonds is 6. The Labute approximate surface area is 188 Å². The van der Waals surface area contributed by atoms with Crippen molar-refractivity contribution < 1.29 is 14.8 Å². The van der Waals surface area contributed by atoms with E-state index in [-0.39, 0.29) is 11.1 Å². The van der Waals surface area contributed by atoms with Crippen LogP contribution in [0.5, 0.6) is 0 Å². The number of carboxylic acids is 1. The molecule has 0 unspecified atom stereocenters. The number of aliphatic carboxylic acids is 1. The summed E-state index contributed by atoms with van der Waals surface area (Å²) in [6, 6.07) is 16.8. The number of carboxylic acid groups (broad SMARTS) is 1. The highest BCUT2D eigenvalue weighted by molar-refractivity contribution is 8.01. The van der Waals surface area contributed by atoms with Crippen molar-refractivity contribution in [3.8, 4) is 5.69 Å². The summed E-state index contributed by atoms with van der Waals surface area (Å²) in [5.41, 5.74) is 4.40. The summed E-state index contributed by atoms with van der Waals surface area (Å²) in [5, 5.41) is 22.9. The van der Waals surface area contributed by atoms with Crippen LogP contribution in [0, 0.1) is 24.0 Å². The second-order valence-corrected chi connectivity index (χ2v) is 9.72. The molecule has 31 heavy (non-hydrogen) atoms. The van der Waals surface area contributed by atoms with Crippen LogP contribution in [0.3, 0.4) is 0 Å². The van der Waals surface area contributed by atoms with Gasteiger partial charge in [0.05, 0.1) is 10.3 Å². The fourth-order valence-corrected chi connectivity index (χ4v) is 5.72. The molecule has 3 aromatic rings. The highest BCUT2D eigenvalue weighted by Crippen LogP contribution is 2.38. The maximum absolute atomic E-state index is 11.3. The second kappa shape index (κ2) is 8.78. The van der Waals surface area contributed by atoms with Crippen LogP contribution >= 0.6 is 23.5 Å². The van der Waals surface area contributed by atoms with Crippen LogP contribution in [-0.4, -0.2) is 32.4 Å². The number of hydrogen-bond donors (Lipinski definition) is 2. The molecule has 0 spiro atoms. The molecule has 1 fully saturated rings. The summed E-state index contributed by atoms with van der Waals surface area (Å²) in [4.78, 5) is 23.6. The Bertz CT molecular complexity index is 1130. The molecule has 2 heterocycles. The number of aryl methyl sites for hydroxylation is 1. The Kier molecular flexibility index (Phi) is 6.08. The van der Waals surface area contributed by atoms with Crippen LogP contribution in [-0.2, 0) is 4.79 Å². The quantitative estimate of drug-likeness (QED) is 0.401. The molecule has 2 N–H and O–H groups in total. The lowest BCUT2D eigenvalue weighted by Crippen LogP contribution is -2.21. The van der Waals surface area contributed by atoms with Crippen molar-refractivity contribution in [3.63, 3.8) is 0 Å². The van der Waals surface area contributed by atoms with Crippen LogP contribution in [0.1, 0.15) is 22.3 Å². The van der Waals surface area contributed by atoms with Crippen molar-refractivity contribution in [1.29, 1.82) is 0 Å². The summed E-state index contributed by atoms with van der Waals surface area (Å²) in [6.45, 7) is 4.56. The lowest BCUT2D eigenvalue weighted by Gasteiger charge is -2.13. The van der Waals surface area contributed by atoms with Crippen molar-refractivity contribution in [1.82, 2.24) is 9.88 Å². The van der Waals surface area contributed by atoms with Gasteiger partial charge in [-0.15, -0.1) is 11.8 Å². The first kappa shape index (κ1) is 21.5. The molecule has 0 radical (unpaired) electrons. The highest BCUT2D eigenvalue weighted by Gasteiger charge is 2.32. The van der Waals surface area contributed by atoms with Gasteiger partial charge in [-0.05, 0) is 56.3 Å². The monoisotopic (exact) mass is 455 g/mol. The van der Waals surface area contributed by atoms with Crippen LogP contribution in [0.2, 0.25) is 0 Å². The van der Waals surface area contributed by atoms with Gasteiger partial charge in [0, 0.05) is 51.1 Å². The Morgan fingerprint density at radius 1 is 1.16 bits per heavy atom. The molecule has 0 aliphatic carbocycles. The van der Waals surface area contributed by atoms with Crippen molar-refractivity contribution in [2.75, 3.05) is 6.54 Å². The number of carbonyl (C=O) groups is 1. The largest absolute Gasteiger partial charge is 0.480 e. The van der Waals surface area contributed by atoms with Gasteiger partial charge in [0.25, 0.3) is 5.69 Å². The predicted octanol–water partition coefficient (Wildman–Crippen LogP) is 4.94. The van der Waals surface area contributed by atoms with Gasteiger partial charge in [0.15, 0.2) is 0 Å². The second-order valence-electron chi connectivity index (χ2n) is 7.26. The molecule has 4 rings (SSSR count). The third kappa shape index (κ3) is 4.48. The zero-order valence-corrected chi connectivity index (χ0v) is 18.6. The molecular weight excluding hydrogens is 434 g/mol. The normalized spacial score (nSPS) is 18.3. The number of nitro groups is 1. The van der Waals surface area contributed by atoms with E-state index in [4.69, 9.17) is 0 Å². The molecule has 1 saturated heterocycles. The maximum atomic E-state index is 11.3. The number of aromatic nitrogens is 1. The maximum Gasteiger partial charge on any atom is 0.318 e. The van der Waals surface area contributed by atoms with E-state index >= 15 is 0 Å². The first-order chi connectivity index (χ1) is 14.8. The van der Waals surface area contributed by atoms with E-state index in [1.807, 2.05) is 31.2 Å². The van der Waals surface area contributed by atoms with Crippen LogP contribution in [0.4, 0.5) is 5.69 Å². The van der Waals surface area contributed by atoms with Crippen LogP contribution in [0.25, 0.3) is 5.69 Å². The SMILES string of the molecule is Cc1cc([C@H]2NC[C@@H](C(=O)O)S2)c(C)n1-c1ccc(Sc2ccc([N+](=O)[O-])cc2)cc1. The Balaban J connectivity index is 1.52. The minimum atomic E-state index is -0.782. The zero-order chi connectivity index (χ0) is 22.1. The van der Waals surface area contributed by atoms with E-state index < -0.39 is 16.1 Å². The number of nitrogens with one attached hydrogen (secondary N) is 1. The van der Waals surface area contributed by atoms with Gasteiger partial charge < -0.3 is 9.67 Å². The molecule has 9 heteroatoms. The van der Waals surface area contributed by atoms with Crippen molar-refractivity contribution >= 4 is 35.2 Å². The fourth-order valence-electron chi connectivity index (χ4n) is 3.69. The van der Waals surface area contributed by atoms with E-state index in [0.29, 0.717) is 6.54 Å². The first-order valence-electron chi connectivity index (χ1n) is 9.66. The number of thioether (sulfide) groups is 1. The predicted molar refractivity (Wildman–Crippen MR) is 122 cm³/mol. The number of non-ortho nitro benzene ring substituents is 1. The summed E-state index contributed by atoms with van der Waals surface area (Å²) in [7, 11) is 0. The van der Waals surface area contributed by atoms with Crippen LogP contribution in [0.15, 0.2) is 64.4 Å². The molecule has 160 valence electrons. The smallest absolute Gasteiger partial charge is 0.318 e. The average Bonchev–Trinajstić information content (AvgIpc) is 3.34. The Morgan fingerprint density at radius 2 is 1.77 bits per heavy atom. The third-order valence-corrected chi connectivity index (χ3v) is 7.60. The molecule has 0 amide bonds. The summed E-state index contributed by atoms with van der Waals surface area (Å²) >= 11 is 2.99. The fraction of sp³-hybridized carbons (Fsp3) is 0.227. The standard InChI is InChI=1S/C22H21N3O4S2/c1-13-11-19(21-23-12-20(31-21)22(26)27)14(2)24(13)15-3-7-17(8-4-15)30-18-9-5-16(6-10-18)25(28)29/h3-11,20-21,23H,12H2,1-2H3,(H,26,27)/t20-,21-/m0/s1. The van der Waals surface area contributed by atoms with Gasteiger partial charge in [0.1, 0.15) is 5.25 Å². The van der Waals surface area contributed by atoms with Gasteiger partial charge >= 0.3 is 5.97 Å². The lowest BCUT2D eigenvalue weighted by molar-refractivity contribution is -0.384. The number of hydrogen-bond acceptors (Lipinski definition) is 6. The molecule has 0 saturated carbocycles. The molecule has 1 aliphatic rings. The number of nitrogens with zero attached hydrogens (tertiary/aromatic N) is 2. The first-order valence-corrected chi connectivity index (χ1v) is 11.4. The number of nitro benzene ring substituents is 1. The van der Waals surface area contributed by atoms with E-state index in [1.165, 1.54) is 23.9 Å². The Hall–Kier alpha value is -2.75. The lowest BCUT2D eigenvalue weighted by atomic mass is 10.2. The molecule has 0 bridgehead atoms. The summed E-state index contributed by atoms with van der Waals surface area (Å²) in [6.07, 6.45) is 0. The van der Waals surface area contributed by atoms with E-state index in [9.17, 15) is 20.0 Å². The number of benzene rings is 2. The van der Waals surface area contributed by atoms with Crippen molar-refractivity contribution in [2.45, 2.75) is 34.3 Å². The van der Waals surface area contributed by atoms with E-state index in [0.717, 1.165) is 32.4 Å². The molecule has 1 aliphatic heterocycles. The highest BCUT2D eigenvalue weighted by atomic mass is 32.2. The van der Waals surface area contributed by atoms with Gasteiger partial charge in [0.2, 0.25) is 0 Å². The average molecular weight is 456 g/mol. The summed E-state index contributed by atoms with van der Waals surface area (Å²) < 4.78 is 2.17. The van der Waals surface area contributed by atoms with Gasteiger partial charge in [-0.3, -0.25) is 20.2 Å². The molecule has 1 aromatic heterocycles. The summed E-state index contributed by atoms with van der Waals surface area (Å²) in [5.74, 6) is -0.782.